The van der Waals surface area contributed by atoms with Gasteiger partial charge in [-0.2, -0.15) is 0 Å². The number of rotatable bonds is 0. The monoisotopic (exact) mass is 193 g/mol. The summed E-state index contributed by atoms with van der Waals surface area (Å²) in [6, 6.07) is 0. The van der Waals surface area contributed by atoms with Gasteiger partial charge in [0.2, 0.25) is 0 Å². The Morgan fingerprint density at radius 1 is 1.33 bits per heavy atom. The number of likely N-dealkylation sites (tertiary alicyclic amines) is 1. The van der Waals surface area contributed by atoms with Crippen molar-refractivity contribution < 1.29 is 9.53 Å². The fourth-order valence-electron chi connectivity index (χ4n) is 0.825. The highest BCUT2D eigenvalue weighted by Crippen LogP contribution is 2.13. The molecule has 0 radical (unpaired) electrons. The molecule has 1 fully saturated rings. The molecule has 0 bridgehead atoms. The zero-order chi connectivity index (χ0) is 8.48. The van der Waals surface area contributed by atoms with Crippen LogP contribution in [0.25, 0.3) is 0 Å². The molecule has 0 atom stereocenters. The van der Waals surface area contributed by atoms with Crippen molar-refractivity contribution in [2.24, 2.45) is 0 Å². The summed E-state index contributed by atoms with van der Waals surface area (Å²) in [6.45, 7) is 7.35. The lowest BCUT2D eigenvalue weighted by Gasteiger charge is -2.32. The highest BCUT2D eigenvalue weighted by Gasteiger charge is 2.25. The zero-order valence-corrected chi connectivity index (χ0v) is 8.61. The summed E-state index contributed by atoms with van der Waals surface area (Å²) < 4.78 is 5.13. The van der Waals surface area contributed by atoms with Gasteiger partial charge in [0, 0.05) is 13.1 Å². The van der Waals surface area contributed by atoms with Crippen molar-refractivity contribution in [2.75, 3.05) is 13.1 Å². The fourth-order valence-corrected chi connectivity index (χ4v) is 0.825. The Hall–Kier alpha value is -0.440. The molecule has 0 saturated carbocycles. The van der Waals surface area contributed by atoms with E-state index >= 15 is 0 Å². The van der Waals surface area contributed by atoms with Crippen molar-refractivity contribution in [3.8, 4) is 0 Å². The van der Waals surface area contributed by atoms with Crippen LogP contribution in [0.3, 0.4) is 0 Å². The van der Waals surface area contributed by atoms with E-state index in [1.807, 2.05) is 20.8 Å². The van der Waals surface area contributed by atoms with Crippen molar-refractivity contribution in [1.82, 2.24) is 4.90 Å². The molecule has 0 unspecified atom stereocenters. The molecule has 0 N–H and O–H groups in total. The van der Waals surface area contributed by atoms with Gasteiger partial charge in [-0.15, -0.1) is 12.4 Å². The number of ether oxygens (including phenoxy) is 1. The van der Waals surface area contributed by atoms with Crippen LogP contribution < -0.4 is 0 Å². The molecule has 0 aromatic rings. The Morgan fingerprint density at radius 3 is 2.08 bits per heavy atom. The van der Waals surface area contributed by atoms with Gasteiger partial charge >= 0.3 is 6.09 Å². The average Bonchev–Trinajstić information content (AvgIpc) is 1.50. The second-order valence-corrected chi connectivity index (χ2v) is 3.82. The largest absolute Gasteiger partial charge is 0.444 e. The molecule has 0 aliphatic carbocycles. The van der Waals surface area contributed by atoms with Crippen molar-refractivity contribution in [3.63, 3.8) is 0 Å². The molecule has 1 saturated heterocycles. The number of hydrogen-bond acceptors (Lipinski definition) is 2. The van der Waals surface area contributed by atoms with Gasteiger partial charge < -0.3 is 9.64 Å². The summed E-state index contributed by atoms with van der Waals surface area (Å²) in [6.07, 6.45) is 0.933. The number of nitrogens with zero attached hydrogens (tertiary/aromatic N) is 1. The molecule has 12 heavy (non-hydrogen) atoms. The van der Waals surface area contributed by atoms with Crippen LogP contribution in [-0.2, 0) is 4.74 Å². The molecule has 3 nitrogen and oxygen atoms in total. The van der Waals surface area contributed by atoms with Crippen LogP contribution in [0.2, 0.25) is 0 Å². The van der Waals surface area contributed by atoms with Gasteiger partial charge in [-0.05, 0) is 27.2 Å². The molecular formula is C8H16ClNO2. The minimum atomic E-state index is -0.354. The normalized spacial score (nSPS) is 16.1. The van der Waals surface area contributed by atoms with Gasteiger partial charge in [-0.3, -0.25) is 0 Å². The Labute approximate surface area is 79.5 Å². The molecule has 72 valence electrons. The predicted octanol–water partition coefficient (Wildman–Crippen LogP) is 2.05. The van der Waals surface area contributed by atoms with E-state index in [1.54, 1.807) is 4.90 Å². The number of carbonyl (C=O) groups is 1. The van der Waals surface area contributed by atoms with Crippen LogP contribution in [0.4, 0.5) is 4.79 Å². The summed E-state index contributed by atoms with van der Waals surface area (Å²) >= 11 is 0. The second-order valence-electron chi connectivity index (χ2n) is 3.82. The second kappa shape index (κ2) is 3.99. The van der Waals surface area contributed by atoms with Gasteiger partial charge in [-0.25, -0.2) is 4.79 Å². The van der Waals surface area contributed by atoms with Crippen LogP contribution in [0, 0.1) is 0 Å². The van der Waals surface area contributed by atoms with E-state index in [1.165, 1.54) is 0 Å². The lowest BCUT2D eigenvalue weighted by Crippen LogP contribution is -2.44. The molecule has 0 spiro atoms. The van der Waals surface area contributed by atoms with E-state index in [2.05, 4.69) is 0 Å². The van der Waals surface area contributed by atoms with Crippen LogP contribution >= 0.6 is 12.4 Å². The third-order valence-corrected chi connectivity index (χ3v) is 1.51. The number of halogens is 1. The first-order valence-corrected chi connectivity index (χ1v) is 3.97. The van der Waals surface area contributed by atoms with Crippen molar-refractivity contribution >= 4 is 18.5 Å². The van der Waals surface area contributed by atoms with Gasteiger partial charge in [0.1, 0.15) is 5.60 Å². The zero-order valence-electron chi connectivity index (χ0n) is 7.79. The molecule has 1 amide bonds. The van der Waals surface area contributed by atoms with Gasteiger partial charge in [0.25, 0.3) is 0 Å². The van der Waals surface area contributed by atoms with E-state index in [0.717, 1.165) is 19.5 Å². The Balaban J connectivity index is 0.00000121. The maximum atomic E-state index is 11.1. The maximum absolute atomic E-state index is 11.1. The van der Waals surface area contributed by atoms with Crippen LogP contribution in [0.15, 0.2) is 0 Å². The molecule has 0 aromatic heterocycles. The minimum Gasteiger partial charge on any atom is -0.444 e. The summed E-state index contributed by atoms with van der Waals surface area (Å²) in [5.41, 5.74) is -0.354. The summed E-state index contributed by atoms with van der Waals surface area (Å²) in [5, 5.41) is 0. The fraction of sp³-hybridized carbons (Fsp3) is 0.875. The molecule has 1 rings (SSSR count). The van der Waals surface area contributed by atoms with Crippen molar-refractivity contribution in [3.05, 3.63) is 0 Å². The van der Waals surface area contributed by atoms with E-state index in [4.69, 9.17) is 4.74 Å². The molecule has 0 aromatic carbocycles. The van der Waals surface area contributed by atoms with Crippen LogP contribution in [-0.4, -0.2) is 29.7 Å². The number of hydrogen-bond donors (Lipinski definition) is 0. The van der Waals surface area contributed by atoms with Crippen molar-refractivity contribution in [1.29, 1.82) is 0 Å². The SMILES string of the molecule is CC(C)(C)OC(=O)N1CCC1.Cl. The van der Waals surface area contributed by atoms with Crippen molar-refractivity contribution in [2.45, 2.75) is 32.8 Å². The predicted molar refractivity (Wildman–Crippen MR) is 49.7 cm³/mol. The van der Waals surface area contributed by atoms with Crippen LogP contribution in [0.5, 0.6) is 0 Å². The summed E-state index contributed by atoms with van der Waals surface area (Å²) in [5.74, 6) is 0. The van der Waals surface area contributed by atoms with Gasteiger partial charge in [-0.1, -0.05) is 0 Å². The van der Waals surface area contributed by atoms with E-state index < -0.39 is 0 Å². The first kappa shape index (κ1) is 11.6. The van der Waals surface area contributed by atoms with E-state index in [0.29, 0.717) is 0 Å². The molecule has 4 heteroatoms. The molecule has 1 aliphatic heterocycles. The summed E-state index contributed by atoms with van der Waals surface area (Å²) in [7, 11) is 0. The summed E-state index contributed by atoms with van der Waals surface area (Å²) in [4.78, 5) is 12.9. The minimum absolute atomic E-state index is 0. The standard InChI is InChI=1S/C8H15NO2.ClH/c1-8(2,3)11-7(10)9-5-4-6-9;/h4-6H2,1-3H3;1H. The molecule has 1 heterocycles. The first-order chi connectivity index (χ1) is 4.99. The first-order valence-electron chi connectivity index (χ1n) is 3.97. The average molecular weight is 194 g/mol. The van der Waals surface area contributed by atoms with E-state index in [9.17, 15) is 4.79 Å². The Kier molecular flexibility index (Phi) is 3.84. The number of amides is 1. The quantitative estimate of drug-likeness (QED) is 0.590. The lowest BCUT2D eigenvalue weighted by atomic mass is 10.2. The Morgan fingerprint density at radius 2 is 1.83 bits per heavy atom. The highest BCUT2D eigenvalue weighted by molar-refractivity contribution is 5.85. The van der Waals surface area contributed by atoms with E-state index in [-0.39, 0.29) is 24.1 Å². The maximum Gasteiger partial charge on any atom is 0.410 e. The molecular weight excluding hydrogens is 178 g/mol. The van der Waals surface area contributed by atoms with Gasteiger partial charge in [0.15, 0.2) is 0 Å². The third kappa shape index (κ3) is 3.30. The number of carbonyl (C=O) groups excluding carboxylic acids is 1. The third-order valence-electron chi connectivity index (χ3n) is 1.51. The lowest BCUT2D eigenvalue weighted by molar-refractivity contribution is 0.0131. The highest BCUT2D eigenvalue weighted by atomic mass is 35.5. The smallest absolute Gasteiger partial charge is 0.410 e. The Bertz CT molecular complexity index is 161. The topological polar surface area (TPSA) is 29.5 Å². The van der Waals surface area contributed by atoms with Crippen LogP contribution in [0.1, 0.15) is 27.2 Å². The molecule has 1 aliphatic rings. The van der Waals surface area contributed by atoms with Gasteiger partial charge in [0.05, 0.1) is 0 Å².